The SMILES string of the molecule is CCOc1cc2c(cc1CNC(=O)COc1ccc(C)c(C)c1)O[C@H](C)C2. The first-order chi connectivity index (χ1) is 13.0. The molecule has 5 heteroatoms. The standard InChI is InChI=1S/C22H27NO4/c1-5-25-20-10-17-9-16(4)27-21(17)11-18(20)12-23-22(24)13-26-19-7-6-14(2)15(3)8-19/h6-8,10-11,16H,5,9,12-13H2,1-4H3,(H,23,24)/t16-/m1/s1. The van der Waals surface area contributed by atoms with Crippen LogP contribution in [0.2, 0.25) is 0 Å². The van der Waals surface area contributed by atoms with Crippen molar-refractivity contribution in [2.75, 3.05) is 13.2 Å². The summed E-state index contributed by atoms with van der Waals surface area (Å²) in [6.45, 7) is 8.99. The molecule has 0 bridgehead atoms. The number of hydrogen-bond donors (Lipinski definition) is 1. The van der Waals surface area contributed by atoms with Gasteiger partial charge in [-0.2, -0.15) is 0 Å². The van der Waals surface area contributed by atoms with E-state index in [1.807, 2.05) is 58.0 Å². The van der Waals surface area contributed by atoms with Crippen molar-refractivity contribution in [1.82, 2.24) is 5.32 Å². The van der Waals surface area contributed by atoms with Gasteiger partial charge < -0.3 is 19.5 Å². The molecule has 1 amide bonds. The molecular formula is C22H27NO4. The molecule has 5 nitrogen and oxygen atoms in total. The van der Waals surface area contributed by atoms with Crippen molar-refractivity contribution in [2.24, 2.45) is 0 Å². The first kappa shape index (κ1) is 19.1. The van der Waals surface area contributed by atoms with Gasteiger partial charge in [-0.1, -0.05) is 6.07 Å². The fourth-order valence-corrected chi connectivity index (χ4v) is 3.11. The van der Waals surface area contributed by atoms with Crippen molar-refractivity contribution in [1.29, 1.82) is 0 Å². The maximum atomic E-state index is 12.2. The van der Waals surface area contributed by atoms with Crippen LogP contribution in [0.3, 0.4) is 0 Å². The molecule has 2 aromatic rings. The van der Waals surface area contributed by atoms with Gasteiger partial charge in [0.1, 0.15) is 23.4 Å². The third-order valence-electron chi connectivity index (χ3n) is 4.70. The fraction of sp³-hybridized carbons (Fsp3) is 0.409. The second-order valence-electron chi connectivity index (χ2n) is 6.94. The van der Waals surface area contributed by atoms with Gasteiger partial charge >= 0.3 is 0 Å². The molecule has 1 N–H and O–H groups in total. The first-order valence-electron chi connectivity index (χ1n) is 9.38. The molecule has 3 rings (SSSR count). The Morgan fingerprint density at radius 2 is 2.00 bits per heavy atom. The lowest BCUT2D eigenvalue weighted by Gasteiger charge is -2.14. The predicted molar refractivity (Wildman–Crippen MR) is 105 cm³/mol. The number of amides is 1. The van der Waals surface area contributed by atoms with Gasteiger partial charge in [-0.15, -0.1) is 0 Å². The van der Waals surface area contributed by atoms with Crippen LogP contribution in [-0.4, -0.2) is 25.2 Å². The highest BCUT2D eigenvalue weighted by atomic mass is 16.5. The van der Waals surface area contributed by atoms with E-state index in [1.54, 1.807) is 0 Å². The van der Waals surface area contributed by atoms with Crippen LogP contribution in [0.1, 0.15) is 36.1 Å². The zero-order valence-electron chi connectivity index (χ0n) is 16.4. The van der Waals surface area contributed by atoms with Crippen LogP contribution >= 0.6 is 0 Å². The summed E-state index contributed by atoms with van der Waals surface area (Å²) in [5.74, 6) is 2.19. The predicted octanol–water partition coefficient (Wildman–Crippen LogP) is 3.72. The number of ether oxygens (including phenoxy) is 3. The van der Waals surface area contributed by atoms with Gasteiger partial charge in [0.05, 0.1) is 6.61 Å². The molecule has 0 fully saturated rings. The van der Waals surface area contributed by atoms with Gasteiger partial charge in [-0.05, 0) is 63.1 Å². The Labute approximate surface area is 160 Å². The highest BCUT2D eigenvalue weighted by molar-refractivity contribution is 5.77. The molecule has 2 aromatic carbocycles. The summed E-state index contributed by atoms with van der Waals surface area (Å²) in [4.78, 5) is 12.2. The van der Waals surface area contributed by atoms with Gasteiger partial charge in [0, 0.05) is 24.1 Å². The van der Waals surface area contributed by atoms with Crippen molar-refractivity contribution in [3.05, 3.63) is 52.6 Å². The van der Waals surface area contributed by atoms with Crippen LogP contribution in [0.15, 0.2) is 30.3 Å². The molecule has 1 heterocycles. The Balaban J connectivity index is 1.59. The van der Waals surface area contributed by atoms with Crippen molar-refractivity contribution < 1.29 is 19.0 Å². The summed E-state index contributed by atoms with van der Waals surface area (Å²) < 4.78 is 17.2. The molecule has 0 saturated heterocycles. The zero-order chi connectivity index (χ0) is 19.4. The molecule has 144 valence electrons. The van der Waals surface area contributed by atoms with Crippen LogP contribution in [0, 0.1) is 13.8 Å². The number of aryl methyl sites for hydroxylation is 2. The quantitative estimate of drug-likeness (QED) is 0.808. The lowest BCUT2D eigenvalue weighted by atomic mass is 10.1. The fourth-order valence-electron chi connectivity index (χ4n) is 3.11. The maximum absolute atomic E-state index is 12.2. The van der Waals surface area contributed by atoms with E-state index in [-0.39, 0.29) is 18.6 Å². The van der Waals surface area contributed by atoms with E-state index >= 15 is 0 Å². The molecule has 0 saturated carbocycles. The lowest BCUT2D eigenvalue weighted by Crippen LogP contribution is -2.28. The van der Waals surface area contributed by atoms with Crippen LogP contribution in [0.4, 0.5) is 0 Å². The van der Waals surface area contributed by atoms with E-state index in [2.05, 4.69) is 5.32 Å². The Kier molecular flexibility index (Phi) is 5.89. The Hall–Kier alpha value is -2.69. The number of benzene rings is 2. The van der Waals surface area contributed by atoms with Crippen LogP contribution in [0.5, 0.6) is 17.2 Å². The normalized spacial score (nSPS) is 15.0. The number of rotatable bonds is 7. The number of carbonyl (C=O) groups excluding carboxylic acids is 1. The second kappa shape index (κ2) is 8.33. The van der Waals surface area contributed by atoms with Gasteiger partial charge in [0.2, 0.25) is 0 Å². The summed E-state index contributed by atoms with van der Waals surface area (Å²) in [5.41, 5.74) is 4.40. The number of fused-ring (bicyclic) bond motifs is 1. The van der Waals surface area contributed by atoms with E-state index in [0.717, 1.165) is 34.6 Å². The summed E-state index contributed by atoms with van der Waals surface area (Å²) in [5, 5.41) is 2.90. The molecule has 0 radical (unpaired) electrons. The van der Waals surface area contributed by atoms with Crippen LogP contribution in [-0.2, 0) is 17.8 Å². The average molecular weight is 369 g/mol. The number of nitrogens with one attached hydrogen (secondary N) is 1. The third-order valence-corrected chi connectivity index (χ3v) is 4.70. The first-order valence-corrected chi connectivity index (χ1v) is 9.38. The van der Waals surface area contributed by atoms with Crippen molar-refractivity contribution in [3.8, 4) is 17.2 Å². The minimum absolute atomic E-state index is 0.0229. The number of hydrogen-bond acceptors (Lipinski definition) is 4. The van der Waals surface area contributed by atoms with Crippen molar-refractivity contribution in [2.45, 2.75) is 46.8 Å². The minimum Gasteiger partial charge on any atom is -0.494 e. The Morgan fingerprint density at radius 1 is 1.19 bits per heavy atom. The molecule has 0 unspecified atom stereocenters. The molecule has 27 heavy (non-hydrogen) atoms. The van der Waals surface area contributed by atoms with Gasteiger partial charge in [0.15, 0.2) is 6.61 Å². The average Bonchev–Trinajstić information content (AvgIpc) is 3.00. The van der Waals surface area contributed by atoms with E-state index in [0.29, 0.717) is 18.9 Å². The molecule has 1 atom stereocenters. The third kappa shape index (κ3) is 4.73. The van der Waals surface area contributed by atoms with Gasteiger partial charge in [-0.25, -0.2) is 0 Å². The summed E-state index contributed by atoms with van der Waals surface area (Å²) in [6.07, 6.45) is 1.05. The molecule has 0 spiro atoms. The van der Waals surface area contributed by atoms with Crippen LogP contribution in [0.25, 0.3) is 0 Å². The van der Waals surface area contributed by atoms with E-state index in [4.69, 9.17) is 14.2 Å². The molecule has 0 aliphatic carbocycles. The highest BCUT2D eigenvalue weighted by Gasteiger charge is 2.22. The lowest BCUT2D eigenvalue weighted by molar-refractivity contribution is -0.123. The summed E-state index contributed by atoms with van der Waals surface area (Å²) in [6, 6.07) is 9.79. The van der Waals surface area contributed by atoms with Crippen molar-refractivity contribution in [3.63, 3.8) is 0 Å². The van der Waals surface area contributed by atoms with Crippen LogP contribution < -0.4 is 19.5 Å². The summed E-state index contributed by atoms with van der Waals surface area (Å²) in [7, 11) is 0. The van der Waals surface area contributed by atoms with E-state index < -0.39 is 0 Å². The van der Waals surface area contributed by atoms with Gasteiger partial charge in [-0.3, -0.25) is 4.79 Å². The van der Waals surface area contributed by atoms with E-state index in [9.17, 15) is 4.79 Å². The maximum Gasteiger partial charge on any atom is 0.258 e. The highest BCUT2D eigenvalue weighted by Crippen LogP contribution is 2.35. The molecular weight excluding hydrogens is 342 g/mol. The largest absolute Gasteiger partial charge is 0.494 e. The molecule has 1 aliphatic rings. The molecule has 1 aliphatic heterocycles. The monoisotopic (exact) mass is 369 g/mol. The second-order valence-corrected chi connectivity index (χ2v) is 6.94. The summed E-state index contributed by atoms with van der Waals surface area (Å²) >= 11 is 0. The van der Waals surface area contributed by atoms with Gasteiger partial charge in [0.25, 0.3) is 5.91 Å². The molecule has 0 aromatic heterocycles. The van der Waals surface area contributed by atoms with Crippen molar-refractivity contribution >= 4 is 5.91 Å². The Bertz CT molecular complexity index is 831. The topological polar surface area (TPSA) is 56.8 Å². The Morgan fingerprint density at radius 3 is 2.74 bits per heavy atom. The zero-order valence-corrected chi connectivity index (χ0v) is 16.4. The smallest absolute Gasteiger partial charge is 0.258 e. The minimum atomic E-state index is -0.175. The van der Waals surface area contributed by atoms with E-state index in [1.165, 1.54) is 5.56 Å². The number of carbonyl (C=O) groups is 1.